The fourth-order valence-corrected chi connectivity index (χ4v) is 2.30. The number of nitrogens with one attached hydrogen (secondary N) is 1. The van der Waals surface area contributed by atoms with Gasteiger partial charge in [0.1, 0.15) is 22.6 Å². The van der Waals surface area contributed by atoms with Gasteiger partial charge in [-0.25, -0.2) is 14.2 Å². The van der Waals surface area contributed by atoms with Gasteiger partial charge >= 0.3 is 6.09 Å². The Hall–Kier alpha value is -1.99. The van der Waals surface area contributed by atoms with Crippen LogP contribution >= 0.6 is 15.9 Å². The lowest BCUT2D eigenvalue weighted by Gasteiger charge is -2.23. The molecule has 0 aliphatic carbocycles. The Balaban J connectivity index is 2.40. The molecule has 2 atom stereocenters. The smallest absolute Gasteiger partial charge is 0.405 e. The second kappa shape index (κ2) is 6.64. The first kappa shape index (κ1) is 15.4. The second-order valence-electron chi connectivity index (χ2n) is 4.28. The number of aromatic nitrogens is 1. The molecular formula is C14H12BrFN2O3. The summed E-state index contributed by atoms with van der Waals surface area (Å²) in [6.07, 6.45) is -2.73. The summed E-state index contributed by atoms with van der Waals surface area (Å²) in [4.78, 5) is 15.0. The summed E-state index contributed by atoms with van der Waals surface area (Å²) in [5, 5.41) is 21.4. The molecule has 0 radical (unpaired) electrons. The fourth-order valence-electron chi connectivity index (χ4n) is 1.94. The average Bonchev–Trinajstić information content (AvgIpc) is 2.44. The number of benzene rings is 1. The Labute approximate surface area is 128 Å². The first-order valence-corrected chi connectivity index (χ1v) is 6.82. The minimum Gasteiger partial charge on any atom is -0.465 e. The third-order valence-corrected chi connectivity index (χ3v) is 3.32. The van der Waals surface area contributed by atoms with Gasteiger partial charge < -0.3 is 15.5 Å². The molecule has 0 unspecified atom stereocenters. The van der Waals surface area contributed by atoms with Gasteiger partial charge in [0.15, 0.2) is 0 Å². The van der Waals surface area contributed by atoms with Gasteiger partial charge in [-0.05, 0) is 34.1 Å². The van der Waals surface area contributed by atoms with Crippen LogP contribution in [0.2, 0.25) is 0 Å². The number of halogens is 2. The van der Waals surface area contributed by atoms with Gasteiger partial charge in [-0.15, -0.1) is 0 Å². The molecule has 0 aliphatic heterocycles. The summed E-state index contributed by atoms with van der Waals surface area (Å²) in [6.45, 7) is 0. The Kier molecular flexibility index (Phi) is 4.87. The van der Waals surface area contributed by atoms with Crippen LogP contribution in [0.1, 0.15) is 23.4 Å². The van der Waals surface area contributed by atoms with E-state index in [2.05, 4.69) is 26.2 Å². The number of pyridine rings is 1. The molecule has 21 heavy (non-hydrogen) atoms. The number of rotatable bonds is 4. The maximum atomic E-state index is 13.8. The fraction of sp³-hybridized carbons (Fsp3) is 0.143. The molecule has 7 heteroatoms. The monoisotopic (exact) mass is 354 g/mol. The minimum absolute atomic E-state index is 0.00183. The van der Waals surface area contributed by atoms with Crippen molar-refractivity contribution in [3.8, 4) is 0 Å². The molecule has 0 spiro atoms. The first-order chi connectivity index (χ1) is 9.99. The Morgan fingerprint density at radius 3 is 2.57 bits per heavy atom. The molecule has 1 aromatic heterocycles. The molecule has 0 fully saturated rings. The lowest BCUT2D eigenvalue weighted by atomic mass is 9.99. The van der Waals surface area contributed by atoms with E-state index in [4.69, 9.17) is 5.11 Å². The Bertz CT molecular complexity index is 654. The van der Waals surface area contributed by atoms with Crippen molar-refractivity contribution >= 4 is 22.0 Å². The van der Waals surface area contributed by atoms with Gasteiger partial charge in [-0.2, -0.15) is 0 Å². The topological polar surface area (TPSA) is 82.5 Å². The number of hydrogen-bond acceptors (Lipinski definition) is 3. The lowest BCUT2D eigenvalue weighted by molar-refractivity contribution is 0.115. The van der Waals surface area contributed by atoms with Crippen molar-refractivity contribution in [1.29, 1.82) is 0 Å². The van der Waals surface area contributed by atoms with Crippen LogP contribution in [0.4, 0.5) is 9.18 Å². The highest BCUT2D eigenvalue weighted by Crippen LogP contribution is 2.29. The van der Waals surface area contributed by atoms with Crippen LogP contribution in [0.25, 0.3) is 0 Å². The van der Waals surface area contributed by atoms with E-state index >= 15 is 0 Å². The van der Waals surface area contributed by atoms with Crippen LogP contribution in [0.5, 0.6) is 0 Å². The van der Waals surface area contributed by atoms with Crippen LogP contribution in [0, 0.1) is 5.82 Å². The van der Waals surface area contributed by atoms with Gasteiger partial charge in [-0.3, -0.25) is 0 Å². The average molecular weight is 355 g/mol. The molecule has 1 heterocycles. The maximum absolute atomic E-state index is 13.8. The normalized spacial score (nSPS) is 13.5. The standard InChI is InChI=1S/C14H12BrFN2O3/c15-11-7-3-6-10(17-11)12(18-14(20)21)13(19)8-4-1-2-5-9(8)16/h1-7,12-13,18-19H,(H,20,21)/t12-,13-/m1/s1. The number of aliphatic hydroxyl groups is 1. The van der Waals surface area contributed by atoms with Crippen LogP contribution in [0.3, 0.4) is 0 Å². The van der Waals surface area contributed by atoms with Crippen molar-refractivity contribution in [2.45, 2.75) is 12.1 Å². The summed E-state index contributed by atoms with van der Waals surface area (Å²) in [5.41, 5.74) is 0.278. The maximum Gasteiger partial charge on any atom is 0.405 e. The zero-order valence-corrected chi connectivity index (χ0v) is 12.3. The molecular weight excluding hydrogens is 343 g/mol. The van der Waals surface area contributed by atoms with E-state index in [0.717, 1.165) is 0 Å². The van der Waals surface area contributed by atoms with E-state index in [1.807, 2.05) is 0 Å². The molecule has 2 rings (SSSR count). The van der Waals surface area contributed by atoms with Gasteiger partial charge in [0.05, 0.1) is 5.69 Å². The molecule has 1 aromatic carbocycles. The van der Waals surface area contributed by atoms with Crippen LogP contribution in [0.15, 0.2) is 47.1 Å². The highest BCUT2D eigenvalue weighted by molar-refractivity contribution is 9.10. The van der Waals surface area contributed by atoms with Crippen molar-refractivity contribution in [1.82, 2.24) is 10.3 Å². The van der Waals surface area contributed by atoms with E-state index in [1.54, 1.807) is 24.3 Å². The van der Waals surface area contributed by atoms with Crippen molar-refractivity contribution < 1.29 is 19.4 Å². The Morgan fingerprint density at radius 1 is 1.24 bits per heavy atom. The number of carbonyl (C=O) groups is 1. The van der Waals surface area contributed by atoms with Crippen LogP contribution < -0.4 is 5.32 Å². The van der Waals surface area contributed by atoms with E-state index in [-0.39, 0.29) is 11.3 Å². The number of amides is 1. The quantitative estimate of drug-likeness (QED) is 0.737. The highest BCUT2D eigenvalue weighted by Gasteiger charge is 2.27. The molecule has 1 amide bonds. The summed E-state index contributed by atoms with van der Waals surface area (Å²) in [6, 6.07) is 9.43. The second-order valence-corrected chi connectivity index (χ2v) is 5.09. The van der Waals surface area contributed by atoms with Gasteiger partial charge in [0.25, 0.3) is 0 Å². The van der Waals surface area contributed by atoms with Gasteiger partial charge in [0.2, 0.25) is 0 Å². The molecule has 0 bridgehead atoms. The molecule has 0 saturated heterocycles. The molecule has 0 saturated carbocycles. The summed E-state index contributed by atoms with van der Waals surface area (Å²) in [5.74, 6) is -0.614. The van der Waals surface area contributed by atoms with Crippen molar-refractivity contribution in [3.63, 3.8) is 0 Å². The summed E-state index contributed by atoms with van der Waals surface area (Å²) >= 11 is 3.17. The van der Waals surface area contributed by atoms with E-state index in [1.165, 1.54) is 18.2 Å². The van der Waals surface area contributed by atoms with Gasteiger partial charge in [0, 0.05) is 5.56 Å². The number of carboxylic acid groups (broad SMARTS) is 1. The van der Waals surface area contributed by atoms with E-state index < -0.39 is 24.1 Å². The zero-order valence-electron chi connectivity index (χ0n) is 10.7. The van der Waals surface area contributed by atoms with Gasteiger partial charge in [-0.1, -0.05) is 24.3 Å². The molecule has 3 N–H and O–H groups in total. The number of nitrogens with zero attached hydrogens (tertiary/aromatic N) is 1. The summed E-state index contributed by atoms with van der Waals surface area (Å²) < 4.78 is 14.3. The Morgan fingerprint density at radius 2 is 1.95 bits per heavy atom. The zero-order chi connectivity index (χ0) is 15.4. The van der Waals surface area contributed by atoms with E-state index in [0.29, 0.717) is 4.60 Å². The molecule has 2 aromatic rings. The molecule has 0 aliphatic rings. The minimum atomic E-state index is -1.40. The van der Waals surface area contributed by atoms with E-state index in [9.17, 15) is 14.3 Å². The first-order valence-electron chi connectivity index (χ1n) is 6.03. The summed E-state index contributed by atoms with van der Waals surface area (Å²) in [7, 11) is 0. The molecule has 5 nitrogen and oxygen atoms in total. The van der Waals surface area contributed by atoms with Crippen LogP contribution in [-0.4, -0.2) is 21.3 Å². The van der Waals surface area contributed by atoms with Crippen LogP contribution in [-0.2, 0) is 0 Å². The highest BCUT2D eigenvalue weighted by atomic mass is 79.9. The lowest BCUT2D eigenvalue weighted by Crippen LogP contribution is -2.32. The SMILES string of the molecule is O=C(O)N[C@H](c1cccc(Br)n1)[C@H](O)c1ccccc1F. The van der Waals surface area contributed by atoms with Crippen molar-refractivity contribution in [3.05, 3.63) is 64.1 Å². The predicted octanol–water partition coefficient (Wildman–Crippen LogP) is 3.03. The third-order valence-electron chi connectivity index (χ3n) is 2.87. The predicted molar refractivity (Wildman–Crippen MR) is 77.2 cm³/mol. The van der Waals surface area contributed by atoms with Crippen molar-refractivity contribution in [2.75, 3.05) is 0 Å². The molecule has 110 valence electrons. The third kappa shape index (κ3) is 3.77. The largest absolute Gasteiger partial charge is 0.465 e. The van der Waals surface area contributed by atoms with Crippen molar-refractivity contribution in [2.24, 2.45) is 0 Å². The number of hydrogen-bond donors (Lipinski definition) is 3. The number of aliphatic hydroxyl groups excluding tert-OH is 1.